The van der Waals surface area contributed by atoms with Crippen molar-refractivity contribution in [2.45, 2.75) is 20.0 Å². The normalized spacial score (nSPS) is 9.67. The standard InChI is InChI=1S/C11H11NO3/c1-7-9(5-12)3-2-8(4-11(14)15)10(7)6-13/h2-3,13H,4,6H2,1H3,(H,14,15). The Morgan fingerprint density at radius 3 is 2.67 bits per heavy atom. The van der Waals surface area contributed by atoms with Crippen LogP contribution >= 0.6 is 0 Å². The Morgan fingerprint density at radius 2 is 2.20 bits per heavy atom. The lowest BCUT2D eigenvalue weighted by molar-refractivity contribution is -0.136. The van der Waals surface area contributed by atoms with Gasteiger partial charge in [0.05, 0.1) is 24.7 Å². The zero-order chi connectivity index (χ0) is 11.4. The summed E-state index contributed by atoms with van der Waals surface area (Å²) < 4.78 is 0. The molecule has 0 atom stereocenters. The van der Waals surface area contributed by atoms with Crippen molar-refractivity contribution >= 4 is 5.97 Å². The Bertz CT molecular complexity index is 432. The third-order valence-corrected chi connectivity index (χ3v) is 2.32. The van der Waals surface area contributed by atoms with Crippen LogP contribution in [0.1, 0.15) is 22.3 Å². The molecular formula is C11H11NO3. The molecule has 0 saturated carbocycles. The topological polar surface area (TPSA) is 81.3 Å². The lowest BCUT2D eigenvalue weighted by Crippen LogP contribution is -2.06. The molecule has 1 aromatic carbocycles. The Labute approximate surface area is 87.4 Å². The molecule has 0 heterocycles. The van der Waals surface area contributed by atoms with Crippen molar-refractivity contribution in [2.24, 2.45) is 0 Å². The fourth-order valence-electron chi connectivity index (χ4n) is 1.48. The van der Waals surface area contributed by atoms with E-state index < -0.39 is 5.97 Å². The molecule has 78 valence electrons. The number of aliphatic carboxylic acids is 1. The molecule has 0 saturated heterocycles. The SMILES string of the molecule is Cc1c(C#N)ccc(CC(=O)O)c1CO. The molecule has 0 radical (unpaired) electrons. The minimum Gasteiger partial charge on any atom is -0.481 e. The first-order valence-corrected chi connectivity index (χ1v) is 4.44. The Balaban J connectivity index is 3.25. The van der Waals surface area contributed by atoms with E-state index in [2.05, 4.69) is 0 Å². The largest absolute Gasteiger partial charge is 0.481 e. The summed E-state index contributed by atoms with van der Waals surface area (Å²) in [5.74, 6) is -0.950. The van der Waals surface area contributed by atoms with E-state index in [1.165, 1.54) is 0 Å². The molecule has 0 bridgehead atoms. The van der Waals surface area contributed by atoms with Crippen LogP contribution in [0.2, 0.25) is 0 Å². The fourth-order valence-corrected chi connectivity index (χ4v) is 1.48. The number of nitriles is 1. The van der Waals surface area contributed by atoms with Gasteiger partial charge in [0.25, 0.3) is 0 Å². The molecule has 0 spiro atoms. The highest BCUT2D eigenvalue weighted by molar-refractivity contribution is 5.71. The van der Waals surface area contributed by atoms with Gasteiger partial charge in [0, 0.05) is 0 Å². The first-order valence-electron chi connectivity index (χ1n) is 4.44. The number of rotatable bonds is 3. The van der Waals surface area contributed by atoms with E-state index in [4.69, 9.17) is 15.5 Å². The third-order valence-electron chi connectivity index (χ3n) is 2.32. The zero-order valence-electron chi connectivity index (χ0n) is 8.32. The van der Waals surface area contributed by atoms with E-state index in [1.54, 1.807) is 19.1 Å². The van der Waals surface area contributed by atoms with Gasteiger partial charge in [-0.1, -0.05) is 6.07 Å². The molecule has 0 amide bonds. The maximum Gasteiger partial charge on any atom is 0.307 e. The molecule has 4 nitrogen and oxygen atoms in total. The van der Waals surface area contributed by atoms with E-state index >= 15 is 0 Å². The molecule has 0 aliphatic rings. The van der Waals surface area contributed by atoms with Gasteiger partial charge in [-0.25, -0.2) is 0 Å². The summed E-state index contributed by atoms with van der Waals surface area (Å²) in [7, 11) is 0. The Morgan fingerprint density at radius 1 is 1.53 bits per heavy atom. The number of aliphatic hydroxyl groups is 1. The molecule has 15 heavy (non-hydrogen) atoms. The van der Waals surface area contributed by atoms with Crippen molar-refractivity contribution in [2.75, 3.05) is 0 Å². The summed E-state index contributed by atoms with van der Waals surface area (Å²) >= 11 is 0. The highest BCUT2D eigenvalue weighted by atomic mass is 16.4. The van der Waals surface area contributed by atoms with Crippen LogP contribution in [-0.4, -0.2) is 16.2 Å². The minimum absolute atomic E-state index is 0.136. The molecule has 0 fully saturated rings. The average Bonchev–Trinajstić information content (AvgIpc) is 2.18. The van der Waals surface area contributed by atoms with E-state index in [-0.39, 0.29) is 13.0 Å². The van der Waals surface area contributed by atoms with Gasteiger partial charge in [0.1, 0.15) is 0 Å². The predicted molar refractivity (Wildman–Crippen MR) is 53.2 cm³/mol. The molecule has 2 N–H and O–H groups in total. The predicted octanol–water partition coefficient (Wildman–Crippen LogP) is 0.986. The number of carbonyl (C=O) groups is 1. The van der Waals surface area contributed by atoms with Crippen LogP contribution in [0.15, 0.2) is 12.1 Å². The lowest BCUT2D eigenvalue weighted by Gasteiger charge is -2.09. The third kappa shape index (κ3) is 2.33. The summed E-state index contributed by atoms with van der Waals surface area (Å²) in [6.07, 6.45) is -0.136. The highest BCUT2D eigenvalue weighted by Gasteiger charge is 2.11. The van der Waals surface area contributed by atoms with Crippen LogP contribution in [0.3, 0.4) is 0 Å². The molecule has 1 rings (SSSR count). The van der Waals surface area contributed by atoms with Gasteiger partial charge in [-0.3, -0.25) is 4.79 Å². The molecular weight excluding hydrogens is 194 g/mol. The first kappa shape index (κ1) is 11.2. The number of aliphatic hydroxyl groups excluding tert-OH is 1. The van der Waals surface area contributed by atoms with Crippen LogP contribution in [0, 0.1) is 18.3 Å². The van der Waals surface area contributed by atoms with Crippen molar-refractivity contribution in [1.82, 2.24) is 0 Å². The van der Waals surface area contributed by atoms with Crippen LogP contribution in [0.5, 0.6) is 0 Å². The maximum absolute atomic E-state index is 10.6. The van der Waals surface area contributed by atoms with Crippen LogP contribution in [-0.2, 0) is 17.8 Å². The van der Waals surface area contributed by atoms with Crippen LogP contribution in [0.4, 0.5) is 0 Å². The number of nitrogens with zero attached hydrogens (tertiary/aromatic N) is 1. The second-order valence-electron chi connectivity index (χ2n) is 3.22. The molecule has 1 aromatic rings. The quantitative estimate of drug-likeness (QED) is 0.770. The van der Waals surface area contributed by atoms with Gasteiger partial charge in [0.15, 0.2) is 0 Å². The number of carboxylic acids is 1. The summed E-state index contributed by atoms with van der Waals surface area (Å²) in [6, 6.07) is 5.14. The summed E-state index contributed by atoms with van der Waals surface area (Å²) in [5, 5.41) is 26.6. The van der Waals surface area contributed by atoms with Gasteiger partial charge in [-0.2, -0.15) is 5.26 Å². The Hall–Kier alpha value is -1.86. The van der Waals surface area contributed by atoms with Crippen molar-refractivity contribution in [3.05, 3.63) is 34.4 Å². The van der Waals surface area contributed by atoms with Crippen LogP contribution < -0.4 is 0 Å². The van der Waals surface area contributed by atoms with Gasteiger partial charge < -0.3 is 10.2 Å². The van der Waals surface area contributed by atoms with E-state index in [9.17, 15) is 4.79 Å². The zero-order valence-corrected chi connectivity index (χ0v) is 8.32. The number of hydrogen-bond acceptors (Lipinski definition) is 3. The van der Waals surface area contributed by atoms with E-state index in [0.717, 1.165) is 0 Å². The van der Waals surface area contributed by atoms with Gasteiger partial charge in [-0.15, -0.1) is 0 Å². The molecule has 0 aromatic heterocycles. The van der Waals surface area contributed by atoms with E-state index in [1.807, 2.05) is 6.07 Å². The fraction of sp³-hybridized carbons (Fsp3) is 0.273. The molecule has 4 heteroatoms. The lowest BCUT2D eigenvalue weighted by atomic mass is 9.96. The number of hydrogen-bond donors (Lipinski definition) is 2. The first-order chi connectivity index (χ1) is 7.10. The van der Waals surface area contributed by atoms with Crippen molar-refractivity contribution in [1.29, 1.82) is 5.26 Å². The monoisotopic (exact) mass is 205 g/mol. The molecule has 0 unspecified atom stereocenters. The van der Waals surface area contributed by atoms with Gasteiger partial charge in [-0.05, 0) is 29.7 Å². The summed E-state index contributed by atoms with van der Waals surface area (Å²) in [4.78, 5) is 10.6. The molecule has 0 aliphatic heterocycles. The van der Waals surface area contributed by atoms with Crippen LogP contribution in [0.25, 0.3) is 0 Å². The molecule has 0 aliphatic carbocycles. The smallest absolute Gasteiger partial charge is 0.307 e. The second kappa shape index (κ2) is 4.58. The van der Waals surface area contributed by atoms with Crippen molar-refractivity contribution < 1.29 is 15.0 Å². The number of carboxylic acid groups (broad SMARTS) is 1. The summed E-state index contributed by atoms with van der Waals surface area (Å²) in [6.45, 7) is 1.46. The minimum atomic E-state index is -0.950. The second-order valence-corrected chi connectivity index (χ2v) is 3.22. The van der Waals surface area contributed by atoms with Gasteiger partial charge >= 0.3 is 5.97 Å². The van der Waals surface area contributed by atoms with Crippen molar-refractivity contribution in [3.63, 3.8) is 0 Å². The summed E-state index contributed by atoms with van der Waals surface area (Å²) in [5.41, 5.74) is 2.21. The Kier molecular flexibility index (Phi) is 3.42. The highest BCUT2D eigenvalue weighted by Crippen LogP contribution is 2.18. The van der Waals surface area contributed by atoms with E-state index in [0.29, 0.717) is 22.3 Å². The van der Waals surface area contributed by atoms with Gasteiger partial charge in [0.2, 0.25) is 0 Å². The number of benzene rings is 1. The van der Waals surface area contributed by atoms with Crippen molar-refractivity contribution in [3.8, 4) is 6.07 Å². The maximum atomic E-state index is 10.6. The average molecular weight is 205 g/mol.